The van der Waals surface area contributed by atoms with E-state index in [-0.39, 0.29) is 12.2 Å². The first-order chi connectivity index (χ1) is 7.86. The number of ether oxygens (including phenoxy) is 1. The van der Waals surface area contributed by atoms with Gasteiger partial charge in [-0.2, -0.15) is 13.2 Å². The van der Waals surface area contributed by atoms with E-state index >= 15 is 0 Å². The van der Waals surface area contributed by atoms with Crippen molar-refractivity contribution in [1.82, 2.24) is 5.32 Å². The molecule has 0 aromatic heterocycles. The van der Waals surface area contributed by atoms with Crippen molar-refractivity contribution in [1.29, 1.82) is 0 Å². The maximum absolute atomic E-state index is 13.1. The van der Waals surface area contributed by atoms with Crippen molar-refractivity contribution < 1.29 is 27.1 Å². The van der Waals surface area contributed by atoms with Gasteiger partial charge in [0.2, 0.25) is 0 Å². The minimum Gasteiger partial charge on any atom is -0.447 e. The van der Waals surface area contributed by atoms with Crippen LogP contribution in [0.15, 0.2) is 18.2 Å². The van der Waals surface area contributed by atoms with Crippen LogP contribution in [-0.4, -0.2) is 12.7 Å². The average Bonchev–Trinajstić information content (AvgIpc) is 2.62. The fourth-order valence-electron chi connectivity index (χ4n) is 1.54. The summed E-state index contributed by atoms with van der Waals surface area (Å²) in [6.07, 6.45) is -5.35. The van der Waals surface area contributed by atoms with Crippen molar-refractivity contribution in [3.63, 3.8) is 0 Å². The highest BCUT2D eigenvalue weighted by Crippen LogP contribution is 2.32. The maximum atomic E-state index is 13.1. The predicted molar refractivity (Wildman–Crippen MR) is 48.6 cm³/mol. The number of hydrogen-bond donors (Lipinski definition) is 1. The number of rotatable bonds is 1. The van der Waals surface area contributed by atoms with Crippen LogP contribution < -0.4 is 5.32 Å². The summed E-state index contributed by atoms with van der Waals surface area (Å²) in [5.41, 5.74) is -1.06. The number of cyclic esters (lactones) is 1. The molecule has 0 saturated carbocycles. The topological polar surface area (TPSA) is 38.3 Å². The van der Waals surface area contributed by atoms with Gasteiger partial charge in [0, 0.05) is 0 Å². The summed E-state index contributed by atoms with van der Waals surface area (Å²) in [7, 11) is 0. The molecule has 1 atom stereocenters. The summed E-state index contributed by atoms with van der Waals surface area (Å²) in [4.78, 5) is 10.7. The molecule has 0 spiro atoms. The van der Waals surface area contributed by atoms with Gasteiger partial charge in [0.05, 0.1) is 11.6 Å². The highest BCUT2D eigenvalue weighted by atomic mass is 19.4. The molecular formula is C10H7F4NO2. The quantitative estimate of drug-likeness (QED) is 0.777. The van der Waals surface area contributed by atoms with Crippen LogP contribution in [0.5, 0.6) is 0 Å². The largest absolute Gasteiger partial charge is 0.447 e. The van der Waals surface area contributed by atoms with Gasteiger partial charge in [-0.1, -0.05) is 0 Å². The molecule has 1 N–H and O–H groups in total. The fraction of sp³-hybridized carbons (Fsp3) is 0.300. The maximum Gasteiger partial charge on any atom is 0.416 e. The van der Waals surface area contributed by atoms with Crippen LogP contribution in [-0.2, 0) is 10.9 Å². The van der Waals surface area contributed by atoms with E-state index in [0.29, 0.717) is 6.07 Å². The third kappa shape index (κ3) is 2.48. The molecule has 1 aliphatic rings. The Bertz CT molecular complexity index is 458. The summed E-state index contributed by atoms with van der Waals surface area (Å²) in [5.74, 6) is -1.00. The molecule has 1 saturated heterocycles. The van der Waals surface area contributed by atoms with Gasteiger partial charge >= 0.3 is 12.3 Å². The molecule has 17 heavy (non-hydrogen) atoms. The lowest BCUT2D eigenvalue weighted by Gasteiger charge is -2.12. The SMILES string of the molecule is O=C1NC(c2cc(F)cc(C(F)(F)F)c2)CO1. The second-order valence-electron chi connectivity index (χ2n) is 3.57. The molecule has 0 aliphatic carbocycles. The lowest BCUT2D eigenvalue weighted by atomic mass is 10.0. The fourth-order valence-corrected chi connectivity index (χ4v) is 1.54. The Morgan fingerprint density at radius 2 is 2.00 bits per heavy atom. The minimum absolute atomic E-state index is 0.0307. The Balaban J connectivity index is 2.35. The molecule has 92 valence electrons. The summed E-state index contributed by atoms with van der Waals surface area (Å²) < 4.78 is 54.9. The van der Waals surface area contributed by atoms with Crippen LogP contribution in [0.1, 0.15) is 17.2 Å². The Morgan fingerprint density at radius 3 is 2.53 bits per heavy atom. The Hall–Kier alpha value is -1.79. The van der Waals surface area contributed by atoms with Crippen molar-refractivity contribution >= 4 is 6.09 Å². The van der Waals surface area contributed by atoms with Crippen molar-refractivity contribution in [2.24, 2.45) is 0 Å². The van der Waals surface area contributed by atoms with Crippen molar-refractivity contribution in [3.8, 4) is 0 Å². The van der Waals surface area contributed by atoms with E-state index in [1.165, 1.54) is 0 Å². The van der Waals surface area contributed by atoms with Crippen LogP contribution in [0.25, 0.3) is 0 Å². The first-order valence-corrected chi connectivity index (χ1v) is 4.67. The normalized spacial score (nSPS) is 20.0. The number of alkyl carbamates (subject to hydrolysis) is 1. The van der Waals surface area contributed by atoms with Gasteiger partial charge in [-0.15, -0.1) is 0 Å². The van der Waals surface area contributed by atoms with Gasteiger partial charge in [-0.3, -0.25) is 0 Å². The van der Waals surface area contributed by atoms with E-state index < -0.39 is 29.7 Å². The zero-order valence-corrected chi connectivity index (χ0v) is 8.34. The summed E-state index contributed by atoms with van der Waals surface area (Å²) in [6.45, 7) is -0.112. The molecule has 1 aromatic carbocycles. The third-order valence-electron chi connectivity index (χ3n) is 2.32. The standard InChI is InChI=1S/C10H7F4NO2/c11-7-2-5(8-4-17-9(16)15-8)1-6(3-7)10(12,13)14/h1-3,8H,4H2,(H,15,16). The summed E-state index contributed by atoms with van der Waals surface area (Å²) >= 11 is 0. The number of halogens is 4. The van der Waals surface area contributed by atoms with Crippen LogP contribution in [0.2, 0.25) is 0 Å². The number of alkyl halides is 3. The minimum atomic E-state index is -4.62. The van der Waals surface area contributed by atoms with E-state index in [1.54, 1.807) is 0 Å². The van der Waals surface area contributed by atoms with Gasteiger partial charge in [0.15, 0.2) is 0 Å². The molecule has 1 unspecified atom stereocenters. The molecular weight excluding hydrogens is 242 g/mol. The zero-order chi connectivity index (χ0) is 12.6. The van der Waals surface area contributed by atoms with Crippen molar-refractivity contribution in [3.05, 3.63) is 35.1 Å². The highest BCUT2D eigenvalue weighted by Gasteiger charge is 2.33. The predicted octanol–water partition coefficient (Wildman–Crippen LogP) is 2.63. The first-order valence-electron chi connectivity index (χ1n) is 4.67. The van der Waals surface area contributed by atoms with Gasteiger partial charge in [0.1, 0.15) is 12.4 Å². The Kier molecular flexibility index (Phi) is 2.68. The number of carbonyl (C=O) groups excluding carboxylic acids is 1. The van der Waals surface area contributed by atoms with E-state index in [4.69, 9.17) is 0 Å². The molecule has 0 radical (unpaired) electrons. The van der Waals surface area contributed by atoms with Crippen molar-refractivity contribution in [2.75, 3.05) is 6.61 Å². The molecule has 1 heterocycles. The monoisotopic (exact) mass is 249 g/mol. The summed E-state index contributed by atoms with van der Waals surface area (Å²) in [5, 5.41) is 2.28. The molecule has 3 nitrogen and oxygen atoms in total. The Morgan fingerprint density at radius 1 is 1.29 bits per heavy atom. The highest BCUT2D eigenvalue weighted by molar-refractivity contribution is 5.70. The lowest BCUT2D eigenvalue weighted by molar-refractivity contribution is -0.137. The molecule has 1 aliphatic heterocycles. The van der Waals surface area contributed by atoms with Gasteiger partial charge in [-0.05, 0) is 23.8 Å². The Labute approximate surface area is 93.4 Å². The van der Waals surface area contributed by atoms with E-state index in [2.05, 4.69) is 10.1 Å². The van der Waals surface area contributed by atoms with Crippen molar-refractivity contribution in [2.45, 2.75) is 12.2 Å². The van der Waals surface area contributed by atoms with E-state index in [0.717, 1.165) is 12.1 Å². The molecule has 1 aromatic rings. The van der Waals surface area contributed by atoms with Crippen LogP contribution >= 0.6 is 0 Å². The van der Waals surface area contributed by atoms with Crippen LogP contribution in [0.4, 0.5) is 22.4 Å². The second kappa shape index (κ2) is 3.90. The number of carbonyl (C=O) groups is 1. The first kappa shape index (κ1) is 11.7. The van der Waals surface area contributed by atoms with Crippen LogP contribution in [0.3, 0.4) is 0 Å². The zero-order valence-electron chi connectivity index (χ0n) is 8.34. The molecule has 1 fully saturated rings. The molecule has 0 bridgehead atoms. The third-order valence-corrected chi connectivity index (χ3v) is 2.32. The average molecular weight is 249 g/mol. The number of benzene rings is 1. The molecule has 1 amide bonds. The smallest absolute Gasteiger partial charge is 0.416 e. The van der Waals surface area contributed by atoms with Gasteiger partial charge in [0.25, 0.3) is 0 Å². The van der Waals surface area contributed by atoms with E-state index in [9.17, 15) is 22.4 Å². The second-order valence-corrected chi connectivity index (χ2v) is 3.57. The van der Waals surface area contributed by atoms with Gasteiger partial charge in [-0.25, -0.2) is 9.18 Å². The number of amides is 1. The van der Waals surface area contributed by atoms with E-state index in [1.807, 2.05) is 0 Å². The molecule has 7 heteroatoms. The molecule has 2 rings (SSSR count). The number of hydrogen-bond acceptors (Lipinski definition) is 2. The summed E-state index contributed by atoms with van der Waals surface area (Å²) in [6, 6.07) is 1.39. The number of nitrogens with one attached hydrogen (secondary N) is 1. The lowest BCUT2D eigenvalue weighted by Crippen LogP contribution is -2.19. The van der Waals surface area contributed by atoms with Gasteiger partial charge < -0.3 is 10.1 Å². The van der Waals surface area contributed by atoms with Crippen LogP contribution in [0, 0.1) is 5.82 Å².